The molecule has 1 aromatic rings. The third kappa shape index (κ3) is 1.68. The van der Waals surface area contributed by atoms with Crippen molar-refractivity contribution in [1.29, 1.82) is 0 Å². The number of rotatable bonds is 2. The van der Waals surface area contributed by atoms with Crippen molar-refractivity contribution in [2.75, 3.05) is 13.7 Å². The third-order valence-electron chi connectivity index (χ3n) is 2.63. The topological polar surface area (TPSA) is 49.8 Å². The number of benzene rings is 1. The zero-order chi connectivity index (χ0) is 10.8. The largest absolute Gasteiger partial charge is 0.441 e. The molecule has 15 heavy (non-hydrogen) atoms. The summed E-state index contributed by atoms with van der Waals surface area (Å²) in [6, 6.07) is 9.37. The fourth-order valence-electron chi connectivity index (χ4n) is 1.87. The van der Waals surface area contributed by atoms with Crippen molar-refractivity contribution in [3.8, 4) is 0 Å². The lowest BCUT2D eigenvalue weighted by Crippen LogP contribution is -2.27. The molecule has 1 amide bonds. The van der Waals surface area contributed by atoms with E-state index in [4.69, 9.17) is 9.84 Å². The Hall–Kier alpha value is -1.55. The summed E-state index contributed by atoms with van der Waals surface area (Å²) < 4.78 is 5.03. The van der Waals surface area contributed by atoms with E-state index in [0.29, 0.717) is 0 Å². The molecule has 2 rings (SSSR count). The van der Waals surface area contributed by atoms with E-state index in [1.54, 1.807) is 7.05 Å². The Labute approximate surface area is 88.1 Å². The number of ether oxygens (including phenoxy) is 1. The quantitative estimate of drug-likeness (QED) is 0.792. The molecule has 0 aromatic heterocycles. The van der Waals surface area contributed by atoms with E-state index in [1.807, 2.05) is 30.3 Å². The highest BCUT2D eigenvalue weighted by molar-refractivity contribution is 5.70. The molecule has 1 aliphatic rings. The summed E-state index contributed by atoms with van der Waals surface area (Å²) in [5.74, 6) is 0. The summed E-state index contributed by atoms with van der Waals surface area (Å²) in [5.41, 5.74) is 0.977. The van der Waals surface area contributed by atoms with Crippen molar-refractivity contribution >= 4 is 6.09 Å². The number of carbonyl (C=O) groups is 1. The predicted octanol–water partition coefficient (Wildman–Crippen LogP) is 1.17. The van der Waals surface area contributed by atoms with Gasteiger partial charge >= 0.3 is 6.09 Å². The fraction of sp³-hybridized carbons (Fsp3) is 0.364. The summed E-state index contributed by atoms with van der Waals surface area (Å²) in [4.78, 5) is 12.8. The SMILES string of the molecule is CN1C(=O)O[C@H](CO)[C@H]1c1ccccc1. The lowest BCUT2D eigenvalue weighted by molar-refractivity contribution is 0.0827. The Balaban J connectivity index is 2.30. The van der Waals surface area contributed by atoms with Crippen LogP contribution in [0.15, 0.2) is 30.3 Å². The van der Waals surface area contributed by atoms with Gasteiger partial charge in [0.2, 0.25) is 0 Å². The van der Waals surface area contributed by atoms with Crippen molar-refractivity contribution in [3.05, 3.63) is 35.9 Å². The standard InChI is InChI=1S/C11H13NO3/c1-12-10(8-5-3-2-4-6-8)9(7-13)15-11(12)14/h2-6,9-10,13H,7H2,1H3/t9-,10-/m1/s1. The molecule has 1 N–H and O–H groups in total. The van der Waals surface area contributed by atoms with Gasteiger partial charge in [0.05, 0.1) is 12.6 Å². The van der Waals surface area contributed by atoms with Gasteiger partial charge in [0.25, 0.3) is 0 Å². The van der Waals surface area contributed by atoms with E-state index in [1.165, 1.54) is 4.90 Å². The molecule has 0 spiro atoms. The fourth-order valence-corrected chi connectivity index (χ4v) is 1.87. The van der Waals surface area contributed by atoms with Crippen LogP contribution in [0.25, 0.3) is 0 Å². The lowest BCUT2D eigenvalue weighted by Gasteiger charge is -2.20. The number of nitrogens with zero attached hydrogens (tertiary/aromatic N) is 1. The minimum atomic E-state index is -0.468. The number of likely N-dealkylation sites (N-methyl/N-ethyl adjacent to an activating group) is 1. The second-order valence-electron chi connectivity index (χ2n) is 3.57. The van der Waals surface area contributed by atoms with Crippen LogP contribution in [0.4, 0.5) is 4.79 Å². The van der Waals surface area contributed by atoms with E-state index < -0.39 is 6.10 Å². The molecule has 4 heteroatoms. The van der Waals surface area contributed by atoms with Crippen LogP contribution in [0.5, 0.6) is 0 Å². The molecule has 1 heterocycles. The summed E-state index contributed by atoms with van der Waals surface area (Å²) in [6.07, 6.45) is -0.854. The molecule has 1 aliphatic heterocycles. The number of hydrogen-bond donors (Lipinski definition) is 1. The molecule has 0 radical (unpaired) electrons. The average molecular weight is 207 g/mol. The Morgan fingerprint density at radius 2 is 2.07 bits per heavy atom. The van der Waals surface area contributed by atoms with Gasteiger partial charge in [-0.25, -0.2) is 4.79 Å². The number of carbonyl (C=O) groups excluding carboxylic acids is 1. The van der Waals surface area contributed by atoms with E-state index in [9.17, 15) is 4.79 Å². The van der Waals surface area contributed by atoms with Crippen LogP contribution >= 0.6 is 0 Å². The molecule has 4 nitrogen and oxygen atoms in total. The van der Waals surface area contributed by atoms with E-state index >= 15 is 0 Å². The molecule has 80 valence electrons. The van der Waals surface area contributed by atoms with Gasteiger partial charge in [0, 0.05) is 7.05 Å². The van der Waals surface area contributed by atoms with Crippen LogP contribution in [-0.4, -0.2) is 35.9 Å². The monoisotopic (exact) mass is 207 g/mol. The number of aliphatic hydroxyl groups is 1. The summed E-state index contributed by atoms with van der Waals surface area (Å²) in [7, 11) is 1.68. The van der Waals surface area contributed by atoms with Gasteiger partial charge in [-0.3, -0.25) is 0 Å². The summed E-state index contributed by atoms with van der Waals surface area (Å²) >= 11 is 0. The molecule has 1 aromatic carbocycles. The first-order valence-electron chi connectivity index (χ1n) is 4.83. The van der Waals surface area contributed by atoms with Gasteiger partial charge in [-0.05, 0) is 5.56 Å². The second kappa shape index (κ2) is 3.90. The van der Waals surface area contributed by atoms with E-state index in [0.717, 1.165) is 5.56 Å². The molecule has 0 bridgehead atoms. The Morgan fingerprint density at radius 1 is 1.40 bits per heavy atom. The zero-order valence-corrected chi connectivity index (χ0v) is 8.46. The second-order valence-corrected chi connectivity index (χ2v) is 3.57. The Kier molecular flexibility index (Phi) is 2.60. The first-order chi connectivity index (χ1) is 7.24. The molecule has 0 saturated carbocycles. The van der Waals surface area contributed by atoms with Crippen molar-refractivity contribution in [2.45, 2.75) is 12.1 Å². The van der Waals surface area contributed by atoms with E-state index in [-0.39, 0.29) is 18.7 Å². The van der Waals surface area contributed by atoms with Gasteiger partial charge < -0.3 is 14.7 Å². The van der Waals surface area contributed by atoms with Gasteiger partial charge in [0.1, 0.15) is 0 Å². The van der Waals surface area contributed by atoms with Crippen LogP contribution < -0.4 is 0 Å². The first-order valence-corrected chi connectivity index (χ1v) is 4.83. The van der Waals surface area contributed by atoms with Crippen LogP contribution in [0.3, 0.4) is 0 Å². The highest BCUT2D eigenvalue weighted by Crippen LogP contribution is 2.31. The number of cyclic esters (lactones) is 1. The molecule has 2 atom stereocenters. The van der Waals surface area contributed by atoms with Crippen LogP contribution in [0.1, 0.15) is 11.6 Å². The minimum absolute atomic E-state index is 0.157. The third-order valence-corrected chi connectivity index (χ3v) is 2.63. The van der Waals surface area contributed by atoms with Crippen molar-refractivity contribution in [2.24, 2.45) is 0 Å². The maximum absolute atomic E-state index is 11.3. The number of hydrogen-bond acceptors (Lipinski definition) is 3. The smallest absolute Gasteiger partial charge is 0.410 e. The summed E-state index contributed by atoms with van der Waals surface area (Å²) in [6.45, 7) is -0.157. The molecule has 0 aliphatic carbocycles. The van der Waals surface area contributed by atoms with Crippen molar-refractivity contribution < 1.29 is 14.6 Å². The molecular formula is C11H13NO3. The van der Waals surface area contributed by atoms with Gasteiger partial charge in [0.15, 0.2) is 6.10 Å². The first kappa shape index (κ1) is 9.98. The highest BCUT2D eigenvalue weighted by Gasteiger charge is 2.39. The number of amides is 1. The Morgan fingerprint density at radius 3 is 2.67 bits per heavy atom. The molecule has 0 unspecified atom stereocenters. The summed E-state index contributed by atoms with van der Waals surface area (Å²) in [5, 5.41) is 9.13. The average Bonchev–Trinajstić information content (AvgIpc) is 2.56. The lowest BCUT2D eigenvalue weighted by atomic mass is 10.0. The minimum Gasteiger partial charge on any atom is -0.441 e. The highest BCUT2D eigenvalue weighted by atomic mass is 16.6. The zero-order valence-electron chi connectivity index (χ0n) is 8.46. The van der Waals surface area contributed by atoms with Crippen LogP contribution in [-0.2, 0) is 4.74 Å². The van der Waals surface area contributed by atoms with Crippen molar-refractivity contribution in [1.82, 2.24) is 4.90 Å². The van der Waals surface area contributed by atoms with Gasteiger partial charge in [-0.1, -0.05) is 30.3 Å². The predicted molar refractivity (Wildman–Crippen MR) is 54.3 cm³/mol. The maximum Gasteiger partial charge on any atom is 0.410 e. The molecule has 1 saturated heterocycles. The number of aliphatic hydroxyl groups excluding tert-OH is 1. The van der Waals surface area contributed by atoms with Gasteiger partial charge in [-0.15, -0.1) is 0 Å². The maximum atomic E-state index is 11.3. The molecule has 1 fully saturated rings. The van der Waals surface area contributed by atoms with Crippen molar-refractivity contribution in [3.63, 3.8) is 0 Å². The van der Waals surface area contributed by atoms with Crippen LogP contribution in [0.2, 0.25) is 0 Å². The molecular weight excluding hydrogens is 194 g/mol. The van der Waals surface area contributed by atoms with E-state index in [2.05, 4.69) is 0 Å². The van der Waals surface area contributed by atoms with Gasteiger partial charge in [-0.2, -0.15) is 0 Å². The normalized spacial score (nSPS) is 25.5. The van der Waals surface area contributed by atoms with Crippen LogP contribution in [0, 0.1) is 0 Å². The Bertz CT molecular complexity index is 352.